The third-order valence-electron chi connectivity index (χ3n) is 3.30. The monoisotopic (exact) mass is 298 g/mol. The molecule has 114 valence electrons. The van der Waals surface area contributed by atoms with Crippen molar-refractivity contribution in [3.05, 3.63) is 42.6 Å². The quantitative estimate of drug-likeness (QED) is 0.793. The number of hydrogen-bond acceptors (Lipinski definition) is 4. The van der Waals surface area contributed by atoms with Gasteiger partial charge in [-0.3, -0.25) is 0 Å². The highest BCUT2D eigenvalue weighted by molar-refractivity contribution is 5.89. The van der Waals surface area contributed by atoms with Gasteiger partial charge < -0.3 is 20.7 Å². The molecule has 6 nitrogen and oxygen atoms in total. The second-order valence-electron chi connectivity index (χ2n) is 5.16. The molecule has 3 N–H and O–H groups in total. The molecule has 0 spiro atoms. The van der Waals surface area contributed by atoms with E-state index in [0.29, 0.717) is 17.5 Å². The molecule has 1 saturated carbocycles. The van der Waals surface area contributed by atoms with Crippen molar-refractivity contribution in [2.75, 3.05) is 17.7 Å². The van der Waals surface area contributed by atoms with E-state index in [2.05, 4.69) is 20.9 Å². The highest BCUT2D eigenvalue weighted by atomic mass is 16.5. The van der Waals surface area contributed by atoms with Crippen LogP contribution in [0.15, 0.2) is 42.6 Å². The third kappa shape index (κ3) is 3.88. The van der Waals surface area contributed by atoms with Crippen molar-refractivity contribution in [2.45, 2.75) is 18.9 Å². The molecule has 0 radical (unpaired) electrons. The summed E-state index contributed by atoms with van der Waals surface area (Å²) in [5.74, 6) is 1.51. The molecule has 1 aromatic carbocycles. The number of nitrogens with one attached hydrogen (secondary N) is 3. The standard InChI is InChI=1S/C16H18N4O2/c1-22-14-7-4-11(5-8-14)18-15-9-6-13(10-17-15)20-16(21)19-12-2-3-12/h4-10,12H,2-3H2,1H3,(H,17,18)(H2,19,20,21). The lowest BCUT2D eigenvalue weighted by atomic mass is 10.3. The number of carbonyl (C=O) groups excluding carboxylic acids is 1. The zero-order chi connectivity index (χ0) is 15.4. The number of rotatable bonds is 5. The molecule has 2 amide bonds. The minimum atomic E-state index is -0.180. The Hall–Kier alpha value is -2.76. The van der Waals surface area contributed by atoms with Gasteiger partial charge in [-0.2, -0.15) is 0 Å². The fourth-order valence-electron chi connectivity index (χ4n) is 1.94. The second kappa shape index (κ2) is 6.34. The molecule has 3 rings (SSSR count). The predicted octanol–water partition coefficient (Wildman–Crippen LogP) is 3.12. The van der Waals surface area contributed by atoms with Crippen LogP contribution in [0.2, 0.25) is 0 Å². The summed E-state index contributed by atoms with van der Waals surface area (Å²) < 4.78 is 5.11. The normalized spacial score (nSPS) is 13.3. The Morgan fingerprint density at radius 1 is 1.14 bits per heavy atom. The van der Waals surface area contributed by atoms with E-state index in [0.717, 1.165) is 24.3 Å². The Morgan fingerprint density at radius 2 is 1.86 bits per heavy atom. The smallest absolute Gasteiger partial charge is 0.319 e. The van der Waals surface area contributed by atoms with Gasteiger partial charge in [0.2, 0.25) is 0 Å². The van der Waals surface area contributed by atoms with E-state index in [-0.39, 0.29) is 6.03 Å². The van der Waals surface area contributed by atoms with Crippen LogP contribution in [-0.4, -0.2) is 24.2 Å². The van der Waals surface area contributed by atoms with Gasteiger partial charge in [-0.25, -0.2) is 9.78 Å². The summed E-state index contributed by atoms with van der Waals surface area (Å²) >= 11 is 0. The number of carbonyl (C=O) groups is 1. The number of urea groups is 1. The molecule has 1 aliphatic carbocycles. The number of benzene rings is 1. The van der Waals surface area contributed by atoms with Crippen LogP contribution in [0.5, 0.6) is 5.75 Å². The molecule has 0 atom stereocenters. The van der Waals surface area contributed by atoms with E-state index < -0.39 is 0 Å². The molecule has 2 aromatic rings. The number of methoxy groups -OCH3 is 1. The molecule has 0 aliphatic heterocycles. The van der Waals surface area contributed by atoms with Crippen molar-refractivity contribution in [3.8, 4) is 5.75 Å². The van der Waals surface area contributed by atoms with Gasteiger partial charge in [-0.15, -0.1) is 0 Å². The lowest BCUT2D eigenvalue weighted by molar-refractivity contribution is 0.251. The average Bonchev–Trinajstić information content (AvgIpc) is 3.34. The Kier molecular flexibility index (Phi) is 4.09. The first-order chi connectivity index (χ1) is 10.7. The summed E-state index contributed by atoms with van der Waals surface area (Å²) in [5, 5.41) is 8.81. The third-order valence-corrected chi connectivity index (χ3v) is 3.30. The van der Waals surface area contributed by atoms with E-state index in [1.807, 2.05) is 36.4 Å². The first kappa shape index (κ1) is 14.2. The summed E-state index contributed by atoms with van der Waals surface area (Å²) in [4.78, 5) is 15.9. The van der Waals surface area contributed by atoms with Gasteiger partial charge in [0.05, 0.1) is 19.0 Å². The minimum absolute atomic E-state index is 0.180. The largest absolute Gasteiger partial charge is 0.497 e. The van der Waals surface area contributed by atoms with Crippen LogP contribution in [0, 0.1) is 0 Å². The Balaban J connectivity index is 1.56. The molecule has 22 heavy (non-hydrogen) atoms. The summed E-state index contributed by atoms with van der Waals surface area (Å²) in [5.41, 5.74) is 1.58. The molecule has 6 heteroatoms. The van der Waals surface area contributed by atoms with Gasteiger partial charge in [0.25, 0.3) is 0 Å². The van der Waals surface area contributed by atoms with Crippen molar-refractivity contribution in [2.24, 2.45) is 0 Å². The van der Waals surface area contributed by atoms with E-state index in [4.69, 9.17) is 4.74 Å². The van der Waals surface area contributed by atoms with Crippen LogP contribution in [0.3, 0.4) is 0 Å². The van der Waals surface area contributed by atoms with Gasteiger partial charge in [0, 0.05) is 11.7 Å². The molecule has 0 bridgehead atoms. The molecule has 1 fully saturated rings. The van der Waals surface area contributed by atoms with Crippen LogP contribution in [-0.2, 0) is 0 Å². The zero-order valence-electron chi connectivity index (χ0n) is 12.3. The van der Waals surface area contributed by atoms with Gasteiger partial charge in [-0.1, -0.05) is 0 Å². The number of hydrogen-bond donors (Lipinski definition) is 3. The SMILES string of the molecule is COc1ccc(Nc2ccc(NC(=O)NC3CC3)cn2)cc1. The Labute approximate surface area is 128 Å². The van der Waals surface area contributed by atoms with E-state index in [1.165, 1.54) is 0 Å². The summed E-state index contributed by atoms with van der Waals surface area (Å²) in [6.07, 6.45) is 3.76. The van der Waals surface area contributed by atoms with Crippen molar-refractivity contribution in [3.63, 3.8) is 0 Å². The van der Waals surface area contributed by atoms with Gasteiger partial charge in [-0.05, 0) is 49.2 Å². The van der Waals surface area contributed by atoms with Gasteiger partial charge in [0.15, 0.2) is 0 Å². The zero-order valence-corrected chi connectivity index (χ0v) is 12.3. The van der Waals surface area contributed by atoms with E-state index in [9.17, 15) is 4.79 Å². The molecular weight excluding hydrogens is 280 g/mol. The highest BCUT2D eigenvalue weighted by Crippen LogP contribution is 2.20. The molecule has 1 heterocycles. The summed E-state index contributed by atoms with van der Waals surface area (Å²) in [6.45, 7) is 0. The number of nitrogens with zero attached hydrogens (tertiary/aromatic N) is 1. The van der Waals surface area contributed by atoms with Gasteiger partial charge in [0.1, 0.15) is 11.6 Å². The first-order valence-corrected chi connectivity index (χ1v) is 7.17. The molecule has 1 aromatic heterocycles. The van der Waals surface area contributed by atoms with Gasteiger partial charge >= 0.3 is 6.03 Å². The maximum Gasteiger partial charge on any atom is 0.319 e. The number of ether oxygens (including phenoxy) is 1. The lowest BCUT2D eigenvalue weighted by Crippen LogP contribution is -2.30. The summed E-state index contributed by atoms with van der Waals surface area (Å²) in [6, 6.07) is 11.4. The lowest BCUT2D eigenvalue weighted by Gasteiger charge is -2.09. The van der Waals surface area contributed by atoms with E-state index in [1.54, 1.807) is 13.3 Å². The number of pyridine rings is 1. The van der Waals surface area contributed by atoms with Crippen molar-refractivity contribution in [1.82, 2.24) is 10.3 Å². The maximum absolute atomic E-state index is 11.6. The fraction of sp³-hybridized carbons (Fsp3) is 0.250. The van der Waals surface area contributed by atoms with Crippen LogP contribution in [0.4, 0.5) is 22.0 Å². The molecule has 0 saturated heterocycles. The number of amides is 2. The van der Waals surface area contributed by atoms with Crippen LogP contribution in [0.25, 0.3) is 0 Å². The predicted molar refractivity (Wildman–Crippen MR) is 85.7 cm³/mol. The average molecular weight is 298 g/mol. The number of aromatic nitrogens is 1. The highest BCUT2D eigenvalue weighted by Gasteiger charge is 2.23. The Morgan fingerprint density at radius 3 is 2.45 bits per heavy atom. The van der Waals surface area contributed by atoms with Crippen LogP contribution in [0.1, 0.15) is 12.8 Å². The van der Waals surface area contributed by atoms with Crippen LogP contribution < -0.4 is 20.7 Å². The second-order valence-corrected chi connectivity index (χ2v) is 5.16. The van der Waals surface area contributed by atoms with Crippen LogP contribution >= 0.6 is 0 Å². The topological polar surface area (TPSA) is 75.3 Å². The van der Waals surface area contributed by atoms with Crippen molar-refractivity contribution < 1.29 is 9.53 Å². The molecular formula is C16H18N4O2. The van der Waals surface area contributed by atoms with Crippen molar-refractivity contribution in [1.29, 1.82) is 0 Å². The maximum atomic E-state index is 11.6. The Bertz CT molecular complexity index is 636. The van der Waals surface area contributed by atoms with E-state index >= 15 is 0 Å². The van der Waals surface area contributed by atoms with Crippen molar-refractivity contribution >= 4 is 23.2 Å². The summed E-state index contributed by atoms with van der Waals surface area (Å²) in [7, 11) is 1.63. The molecule has 1 aliphatic rings. The number of anilines is 3. The minimum Gasteiger partial charge on any atom is -0.497 e. The molecule has 0 unspecified atom stereocenters. The first-order valence-electron chi connectivity index (χ1n) is 7.17. The fourth-order valence-corrected chi connectivity index (χ4v) is 1.94.